The first-order valence-corrected chi connectivity index (χ1v) is 13.3. The van der Waals surface area contributed by atoms with Crippen LogP contribution in [0.1, 0.15) is 29.7 Å². The lowest BCUT2D eigenvalue weighted by atomic mass is 9.96. The molecule has 1 aliphatic rings. The summed E-state index contributed by atoms with van der Waals surface area (Å²) in [6.45, 7) is 2.09. The van der Waals surface area contributed by atoms with Crippen LogP contribution in [0, 0.1) is 0 Å². The number of carbonyl (C=O) groups is 1. The first-order chi connectivity index (χ1) is 18.4. The minimum Gasteiger partial charge on any atom is -0.488 e. The number of carbonyl (C=O) groups excluding carboxylic acids is 1. The number of rotatable bonds is 6. The number of nitrogens with zero attached hydrogens (tertiary/aromatic N) is 2. The highest BCUT2D eigenvalue weighted by molar-refractivity contribution is 7.07. The molecule has 2 heterocycles. The molecule has 4 aromatic rings. The van der Waals surface area contributed by atoms with Crippen molar-refractivity contribution in [2.24, 2.45) is 4.99 Å². The van der Waals surface area contributed by atoms with Crippen LogP contribution in [0.2, 0.25) is 10.0 Å². The van der Waals surface area contributed by atoms with Gasteiger partial charge in [-0.1, -0.05) is 77.0 Å². The highest BCUT2D eigenvalue weighted by atomic mass is 35.5. The Morgan fingerprint density at radius 2 is 1.68 bits per heavy atom. The minimum absolute atomic E-state index is 0.268. The van der Waals surface area contributed by atoms with Gasteiger partial charge in [-0.05, 0) is 54.5 Å². The van der Waals surface area contributed by atoms with Gasteiger partial charge in [0.05, 0.1) is 29.0 Å². The Kier molecular flexibility index (Phi) is 7.51. The van der Waals surface area contributed by atoms with Gasteiger partial charge in [-0.15, -0.1) is 0 Å². The molecule has 38 heavy (non-hydrogen) atoms. The number of aromatic nitrogens is 1. The average Bonchev–Trinajstić information content (AvgIpc) is 3.22. The van der Waals surface area contributed by atoms with Crippen LogP contribution in [-0.4, -0.2) is 17.6 Å². The highest BCUT2D eigenvalue weighted by Gasteiger charge is 2.33. The number of halogens is 2. The Balaban J connectivity index is 1.59. The number of hydrogen-bond acceptors (Lipinski definition) is 6. The molecule has 1 aromatic heterocycles. The zero-order valence-electron chi connectivity index (χ0n) is 20.5. The number of allylic oxidation sites excluding steroid dienone is 1. The predicted octanol–water partition coefficient (Wildman–Crippen LogP) is 5.29. The maximum atomic E-state index is 13.8. The van der Waals surface area contributed by atoms with Gasteiger partial charge in [0.2, 0.25) is 0 Å². The number of esters is 1. The first-order valence-electron chi connectivity index (χ1n) is 11.7. The summed E-state index contributed by atoms with van der Waals surface area (Å²) in [5.41, 5.74) is 2.98. The summed E-state index contributed by atoms with van der Waals surface area (Å²) in [5.74, 6) is 0.0930. The second-order valence-electron chi connectivity index (χ2n) is 8.58. The third kappa shape index (κ3) is 5.18. The number of benzene rings is 3. The molecule has 0 spiro atoms. The van der Waals surface area contributed by atoms with Crippen LogP contribution in [0.4, 0.5) is 0 Å². The summed E-state index contributed by atoms with van der Waals surface area (Å²) in [5, 5.41) is 1.21. The van der Waals surface area contributed by atoms with Gasteiger partial charge < -0.3 is 9.47 Å². The molecule has 0 bridgehead atoms. The quantitative estimate of drug-likeness (QED) is 0.298. The lowest BCUT2D eigenvalue weighted by molar-refractivity contribution is -0.136. The van der Waals surface area contributed by atoms with E-state index in [1.165, 1.54) is 23.0 Å². The Morgan fingerprint density at radius 1 is 1.03 bits per heavy atom. The van der Waals surface area contributed by atoms with Gasteiger partial charge in [0.15, 0.2) is 4.80 Å². The zero-order chi connectivity index (χ0) is 26.8. The summed E-state index contributed by atoms with van der Waals surface area (Å²) in [6, 6.07) is 21.3. The van der Waals surface area contributed by atoms with Gasteiger partial charge in [0.1, 0.15) is 12.4 Å². The molecule has 0 radical (unpaired) electrons. The van der Waals surface area contributed by atoms with Gasteiger partial charge in [0, 0.05) is 15.6 Å². The molecule has 9 heteroatoms. The van der Waals surface area contributed by atoms with E-state index in [9.17, 15) is 9.59 Å². The average molecular weight is 565 g/mol. The van der Waals surface area contributed by atoms with E-state index in [-0.39, 0.29) is 5.56 Å². The molecule has 192 valence electrons. The molecule has 0 fully saturated rings. The standard InChI is InChI=1S/C29H22Cl2N2O4S/c1-17-25(28(35)36-2)26(19-9-13-22(31)14-10-19)33-27(34)24(38-29(33)32-17)15-20-5-3-4-6-23(20)37-16-18-7-11-21(30)12-8-18/h3-15,26H,16H2,1-2H3/b24-15-/t26-/m0/s1. The van der Waals surface area contributed by atoms with E-state index in [2.05, 4.69) is 4.99 Å². The van der Waals surface area contributed by atoms with E-state index in [0.717, 1.165) is 16.7 Å². The lowest BCUT2D eigenvalue weighted by Crippen LogP contribution is -2.39. The molecule has 1 aliphatic heterocycles. The fourth-order valence-corrected chi connectivity index (χ4v) is 5.56. The van der Waals surface area contributed by atoms with Crippen LogP contribution in [-0.2, 0) is 16.1 Å². The van der Waals surface area contributed by atoms with Crippen LogP contribution in [0.25, 0.3) is 6.08 Å². The van der Waals surface area contributed by atoms with E-state index < -0.39 is 12.0 Å². The lowest BCUT2D eigenvalue weighted by Gasteiger charge is -2.24. The predicted molar refractivity (Wildman–Crippen MR) is 149 cm³/mol. The number of thiazole rings is 1. The SMILES string of the molecule is COC(=O)C1=C(C)N=c2s/c(=C\c3ccccc3OCc3ccc(Cl)cc3)c(=O)n2[C@H]1c1ccc(Cl)cc1. The normalized spacial score (nSPS) is 15.2. The second kappa shape index (κ2) is 11.0. The molecule has 0 amide bonds. The van der Waals surface area contributed by atoms with E-state index in [0.29, 0.717) is 43.0 Å². The van der Waals surface area contributed by atoms with Crippen molar-refractivity contribution in [3.8, 4) is 5.75 Å². The topological polar surface area (TPSA) is 69.9 Å². The summed E-state index contributed by atoms with van der Waals surface area (Å²) in [7, 11) is 1.31. The maximum Gasteiger partial charge on any atom is 0.338 e. The molecule has 0 unspecified atom stereocenters. The molecule has 6 nitrogen and oxygen atoms in total. The number of para-hydroxylation sites is 1. The molecule has 0 aliphatic carbocycles. The van der Waals surface area contributed by atoms with Crippen LogP contribution in [0.15, 0.2) is 93.9 Å². The Hall–Kier alpha value is -3.65. The van der Waals surface area contributed by atoms with Gasteiger partial charge >= 0.3 is 5.97 Å². The summed E-state index contributed by atoms with van der Waals surface area (Å²) in [4.78, 5) is 31.7. The molecule has 0 saturated carbocycles. The van der Waals surface area contributed by atoms with E-state index >= 15 is 0 Å². The van der Waals surface area contributed by atoms with Crippen LogP contribution >= 0.6 is 34.5 Å². The zero-order valence-corrected chi connectivity index (χ0v) is 22.8. The summed E-state index contributed by atoms with van der Waals surface area (Å²) in [6.07, 6.45) is 1.79. The number of fused-ring (bicyclic) bond motifs is 1. The van der Waals surface area contributed by atoms with Crippen LogP contribution < -0.4 is 19.6 Å². The fourth-order valence-electron chi connectivity index (χ4n) is 4.27. The highest BCUT2D eigenvalue weighted by Crippen LogP contribution is 2.31. The smallest absolute Gasteiger partial charge is 0.338 e. The fraction of sp³-hybridized carbons (Fsp3) is 0.138. The first kappa shape index (κ1) is 26.0. The van der Waals surface area contributed by atoms with Crippen molar-refractivity contribution in [2.75, 3.05) is 7.11 Å². The van der Waals surface area contributed by atoms with E-state index in [4.69, 9.17) is 32.7 Å². The molecule has 5 rings (SSSR count). The van der Waals surface area contributed by atoms with Crippen LogP contribution in [0.5, 0.6) is 5.75 Å². The van der Waals surface area contributed by atoms with Crippen molar-refractivity contribution in [1.29, 1.82) is 0 Å². The summed E-state index contributed by atoms with van der Waals surface area (Å²) < 4.78 is 13.1. The molecular formula is C29H22Cl2N2O4S. The number of hydrogen-bond donors (Lipinski definition) is 0. The van der Waals surface area contributed by atoms with Crippen molar-refractivity contribution in [3.05, 3.63) is 130 Å². The van der Waals surface area contributed by atoms with Crippen molar-refractivity contribution in [2.45, 2.75) is 19.6 Å². The molecular weight excluding hydrogens is 543 g/mol. The van der Waals surface area contributed by atoms with Gasteiger partial charge in [0.25, 0.3) is 5.56 Å². The molecule has 0 saturated heterocycles. The number of methoxy groups -OCH3 is 1. The maximum absolute atomic E-state index is 13.8. The summed E-state index contributed by atoms with van der Waals surface area (Å²) >= 11 is 13.3. The van der Waals surface area contributed by atoms with Crippen molar-refractivity contribution < 1.29 is 14.3 Å². The van der Waals surface area contributed by atoms with Crippen molar-refractivity contribution >= 4 is 46.6 Å². The van der Waals surface area contributed by atoms with Crippen molar-refractivity contribution in [1.82, 2.24) is 4.57 Å². The molecule has 3 aromatic carbocycles. The molecule has 0 N–H and O–H groups in total. The van der Waals surface area contributed by atoms with Crippen molar-refractivity contribution in [3.63, 3.8) is 0 Å². The second-order valence-corrected chi connectivity index (χ2v) is 10.5. The van der Waals surface area contributed by atoms with Crippen LogP contribution in [0.3, 0.4) is 0 Å². The number of ether oxygens (including phenoxy) is 2. The Bertz CT molecular complexity index is 1720. The minimum atomic E-state index is -0.700. The third-order valence-corrected chi connectivity index (χ3v) is 7.61. The monoisotopic (exact) mass is 564 g/mol. The largest absolute Gasteiger partial charge is 0.488 e. The van der Waals surface area contributed by atoms with Gasteiger partial charge in [-0.2, -0.15) is 0 Å². The Labute approximate surface area is 232 Å². The van der Waals surface area contributed by atoms with Gasteiger partial charge in [-0.3, -0.25) is 9.36 Å². The molecule has 1 atom stereocenters. The van der Waals surface area contributed by atoms with E-state index in [1.807, 2.05) is 48.5 Å². The Morgan fingerprint density at radius 3 is 2.37 bits per heavy atom. The van der Waals surface area contributed by atoms with E-state index in [1.54, 1.807) is 37.3 Å². The van der Waals surface area contributed by atoms with Gasteiger partial charge in [-0.25, -0.2) is 9.79 Å². The third-order valence-electron chi connectivity index (χ3n) is 6.13.